The molecule has 156 valence electrons. The summed E-state index contributed by atoms with van der Waals surface area (Å²) in [5, 5.41) is 0.202. The number of carbonyl (C=O) groups excluding carboxylic acids is 2. The minimum atomic E-state index is -0.576. The van der Waals surface area contributed by atoms with E-state index in [1.54, 1.807) is 30.6 Å². The molecule has 10 nitrogen and oxygen atoms in total. The van der Waals surface area contributed by atoms with Crippen LogP contribution in [0.1, 0.15) is 31.1 Å². The average Bonchev–Trinajstić information content (AvgIpc) is 2.68. The summed E-state index contributed by atoms with van der Waals surface area (Å²) in [6.07, 6.45) is 0.963. The number of aromatic nitrogens is 3. The van der Waals surface area contributed by atoms with Crippen molar-refractivity contribution in [2.75, 3.05) is 26.2 Å². The molecule has 2 aromatic rings. The lowest BCUT2D eigenvalue weighted by Gasteiger charge is -2.35. The summed E-state index contributed by atoms with van der Waals surface area (Å²) >= 11 is 0. The first-order valence-corrected chi connectivity index (χ1v) is 9.32. The Labute approximate surface area is 167 Å². The van der Waals surface area contributed by atoms with E-state index in [-0.39, 0.29) is 22.5 Å². The maximum atomic E-state index is 12.9. The van der Waals surface area contributed by atoms with Crippen molar-refractivity contribution in [2.45, 2.75) is 26.4 Å². The van der Waals surface area contributed by atoms with E-state index in [9.17, 15) is 19.2 Å². The largest absolute Gasteiger partial charge is 0.444 e. The van der Waals surface area contributed by atoms with Gasteiger partial charge in [0.15, 0.2) is 0 Å². The standard InChI is InChI=1S/C19H25N5O5/c1-19(2,3)29-18(28)24-8-6-23(7-9-24)15(25)12-10-13-14(20-11-12)21(4)17(27)22(5)16(13)26/h10-11H,6-9H2,1-5H3. The summed E-state index contributed by atoms with van der Waals surface area (Å²) in [6.45, 7) is 6.82. The SMILES string of the molecule is Cn1c(=O)c2cc(C(=O)N3CCN(C(=O)OC(C)(C)C)CC3)cnc2n(C)c1=O. The zero-order valence-electron chi connectivity index (χ0n) is 17.3. The third-order valence-electron chi connectivity index (χ3n) is 4.76. The van der Waals surface area contributed by atoms with Crippen LogP contribution < -0.4 is 11.2 Å². The van der Waals surface area contributed by atoms with Crippen LogP contribution in [-0.4, -0.2) is 67.7 Å². The molecule has 1 fully saturated rings. The zero-order chi connectivity index (χ0) is 21.5. The zero-order valence-corrected chi connectivity index (χ0v) is 17.3. The molecule has 2 aromatic heterocycles. The van der Waals surface area contributed by atoms with E-state index in [1.807, 2.05) is 0 Å². The van der Waals surface area contributed by atoms with Gasteiger partial charge in [0.05, 0.1) is 10.9 Å². The van der Waals surface area contributed by atoms with Crippen molar-refractivity contribution in [2.24, 2.45) is 14.1 Å². The highest BCUT2D eigenvalue weighted by molar-refractivity contribution is 5.96. The number of hydrogen-bond acceptors (Lipinski definition) is 6. The van der Waals surface area contributed by atoms with Crippen molar-refractivity contribution in [3.8, 4) is 0 Å². The van der Waals surface area contributed by atoms with Gasteiger partial charge in [-0.05, 0) is 26.8 Å². The maximum Gasteiger partial charge on any atom is 0.410 e. The highest BCUT2D eigenvalue weighted by atomic mass is 16.6. The van der Waals surface area contributed by atoms with Crippen molar-refractivity contribution in [1.29, 1.82) is 0 Å². The number of rotatable bonds is 1. The van der Waals surface area contributed by atoms with E-state index in [2.05, 4.69) is 4.98 Å². The molecule has 10 heteroatoms. The summed E-state index contributed by atoms with van der Waals surface area (Å²) in [4.78, 5) is 56.8. The number of ether oxygens (including phenoxy) is 1. The first kappa shape index (κ1) is 20.6. The van der Waals surface area contributed by atoms with Crippen LogP contribution in [0.15, 0.2) is 21.9 Å². The summed E-state index contributed by atoms with van der Waals surface area (Å²) in [7, 11) is 2.91. The lowest BCUT2D eigenvalue weighted by Crippen LogP contribution is -2.51. The van der Waals surface area contributed by atoms with Gasteiger partial charge in [-0.2, -0.15) is 0 Å². The number of piperazine rings is 1. The Kier molecular flexibility index (Phi) is 5.20. The van der Waals surface area contributed by atoms with Gasteiger partial charge in [-0.1, -0.05) is 0 Å². The monoisotopic (exact) mass is 403 g/mol. The Morgan fingerprint density at radius 3 is 2.17 bits per heavy atom. The first-order valence-electron chi connectivity index (χ1n) is 9.32. The molecule has 0 N–H and O–H groups in total. The number of carbonyl (C=O) groups is 2. The lowest BCUT2D eigenvalue weighted by molar-refractivity contribution is 0.0141. The van der Waals surface area contributed by atoms with Gasteiger partial charge in [-0.3, -0.25) is 18.7 Å². The molecule has 0 unspecified atom stereocenters. The van der Waals surface area contributed by atoms with Gasteiger partial charge in [0.1, 0.15) is 11.2 Å². The second-order valence-electron chi connectivity index (χ2n) is 8.06. The van der Waals surface area contributed by atoms with Gasteiger partial charge < -0.3 is 14.5 Å². The van der Waals surface area contributed by atoms with Gasteiger partial charge >= 0.3 is 11.8 Å². The molecule has 2 amide bonds. The predicted octanol–water partition coefficient (Wildman–Crippen LogP) is 0.325. The second kappa shape index (κ2) is 7.34. The Balaban J connectivity index is 1.78. The Morgan fingerprint density at radius 2 is 1.59 bits per heavy atom. The van der Waals surface area contributed by atoms with E-state index in [0.29, 0.717) is 26.2 Å². The van der Waals surface area contributed by atoms with E-state index in [0.717, 1.165) is 4.57 Å². The van der Waals surface area contributed by atoms with Gasteiger partial charge in [0.25, 0.3) is 11.5 Å². The van der Waals surface area contributed by atoms with Gasteiger partial charge in [0, 0.05) is 46.5 Å². The van der Waals surface area contributed by atoms with Crippen molar-refractivity contribution < 1.29 is 14.3 Å². The van der Waals surface area contributed by atoms with Crippen LogP contribution in [0.3, 0.4) is 0 Å². The summed E-state index contributed by atoms with van der Waals surface area (Å²) in [6, 6.07) is 1.46. The van der Waals surface area contributed by atoms with Crippen LogP contribution in [0.4, 0.5) is 4.79 Å². The molecular weight excluding hydrogens is 378 g/mol. The van der Waals surface area contributed by atoms with Gasteiger partial charge in [-0.15, -0.1) is 0 Å². The molecule has 1 aliphatic heterocycles. The van der Waals surface area contributed by atoms with Crippen molar-refractivity contribution in [1.82, 2.24) is 23.9 Å². The number of amides is 2. The molecule has 0 spiro atoms. The number of fused-ring (bicyclic) bond motifs is 1. The van der Waals surface area contributed by atoms with Crippen LogP contribution in [0.25, 0.3) is 11.0 Å². The number of aryl methyl sites for hydroxylation is 1. The topological polar surface area (TPSA) is 107 Å². The summed E-state index contributed by atoms with van der Waals surface area (Å²) in [5.41, 5.74) is -1.07. The molecule has 0 bridgehead atoms. The number of hydrogen-bond donors (Lipinski definition) is 0. The normalized spacial score (nSPS) is 14.9. The van der Waals surface area contributed by atoms with Crippen LogP contribution in [-0.2, 0) is 18.8 Å². The Morgan fingerprint density at radius 1 is 1.00 bits per heavy atom. The third-order valence-corrected chi connectivity index (χ3v) is 4.76. The smallest absolute Gasteiger partial charge is 0.410 e. The first-order chi connectivity index (χ1) is 13.5. The highest BCUT2D eigenvalue weighted by Crippen LogP contribution is 2.14. The van der Waals surface area contributed by atoms with Crippen LogP contribution in [0.5, 0.6) is 0 Å². The molecule has 0 aromatic carbocycles. The molecule has 0 radical (unpaired) electrons. The van der Waals surface area contributed by atoms with E-state index >= 15 is 0 Å². The Bertz CT molecular complexity index is 1090. The van der Waals surface area contributed by atoms with E-state index in [1.165, 1.54) is 30.9 Å². The molecule has 3 rings (SSSR count). The molecule has 0 atom stereocenters. The highest BCUT2D eigenvalue weighted by Gasteiger charge is 2.28. The Hall–Kier alpha value is -3.17. The molecule has 29 heavy (non-hydrogen) atoms. The van der Waals surface area contributed by atoms with Crippen LogP contribution in [0, 0.1) is 0 Å². The summed E-state index contributed by atoms with van der Waals surface area (Å²) in [5.74, 6) is -0.279. The summed E-state index contributed by atoms with van der Waals surface area (Å²) < 4.78 is 7.61. The number of pyridine rings is 1. The molecule has 0 aliphatic carbocycles. The fourth-order valence-electron chi connectivity index (χ4n) is 3.18. The minimum Gasteiger partial charge on any atom is -0.444 e. The quantitative estimate of drug-likeness (QED) is 0.679. The fourth-order valence-corrected chi connectivity index (χ4v) is 3.18. The molecule has 3 heterocycles. The van der Waals surface area contributed by atoms with Crippen molar-refractivity contribution in [3.05, 3.63) is 38.7 Å². The van der Waals surface area contributed by atoms with Gasteiger partial charge in [0.2, 0.25) is 0 Å². The predicted molar refractivity (Wildman–Crippen MR) is 106 cm³/mol. The maximum absolute atomic E-state index is 12.9. The van der Waals surface area contributed by atoms with E-state index in [4.69, 9.17) is 4.74 Å². The molecule has 1 saturated heterocycles. The second-order valence-corrected chi connectivity index (χ2v) is 8.06. The number of nitrogens with zero attached hydrogens (tertiary/aromatic N) is 5. The molecular formula is C19H25N5O5. The van der Waals surface area contributed by atoms with Crippen molar-refractivity contribution in [3.63, 3.8) is 0 Å². The minimum absolute atomic E-state index is 0.202. The van der Waals surface area contributed by atoms with Crippen molar-refractivity contribution >= 4 is 23.0 Å². The molecule has 1 aliphatic rings. The van der Waals surface area contributed by atoms with Gasteiger partial charge in [-0.25, -0.2) is 14.6 Å². The fraction of sp³-hybridized carbons (Fsp3) is 0.526. The lowest BCUT2D eigenvalue weighted by atomic mass is 10.2. The van der Waals surface area contributed by atoms with E-state index < -0.39 is 22.9 Å². The van der Waals surface area contributed by atoms with Crippen LogP contribution >= 0.6 is 0 Å². The third kappa shape index (κ3) is 4.01. The van der Waals surface area contributed by atoms with Crippen LogP contribution in [0.2, 0.25) is 0 Å². The average molecular weight is 403 g/mol. The molecule has 0 saturated carbocycles.